The smallest absolute Gasteiger partial charge is 0.317 e. The Bertz CT molecular complexity index is 133. The molecule has 0 aromatic rings. The van der Waals surface area contributed by atoms with Crippen LogP contribution in [-0.2, 0) is 0 Å². The quantitative estimate of drug-likeness (QED) is 0.649. The number of hydrogen-bond acceptors (Lipinski definition) is 2. The van der Waals surface area contributed by atoms with Gasteiger partial charge in [0.15, 0.2) is 0 Å². The number of amides is 2. The van der Waals surface area contributed by atoms with E-state index in [0.29, 0.717) is 19.6 Å². The molecule has 4 nitrogen and oxygen atoms in total. The summed E-state index contributed by atoms with van der Waals surface area (Å²) in [6.45, 7) is 7.19. The van der Waals surface area contributed by atoms with Crippen LogP contribution in [0.4, 0.5) is 4.79 Å². The van der Waals surface area contributed by atoms with E-state index in [9.17, 15) is 4.79 Å². The summed E-state index contributed by atoms with van der Waals surface area (Å²) < 4.78 is 0. The van der Waals surface area contributed by atoms with Gasteiger partial charge in [0.25, 0.3) is 0 Å². The molecule has 0 unspecified atom stereocenters. The van der Waals surface area contributed by atoms with Crippen LogP contribution >= 0.6 is 0 Å². The second kappa shape index (κ2) is 5.83. The molecule has 0 aliphatic heterocycles. The third kappa shape index (κ3) is 4.18. The van der Waals surface area contributed by atoms with Crippen molar-refractivity contribution in [1.82, 2.24) is 10.2 Å². The van der Waals surface area contributed by atoms with Gasteiger partial charge in [-0.25, -0.2) is 4.79 Å². The predicted molar refractivity (Wildman–Crippen MR) is 48.0 cm³/mol. The van der Waals surface area contributed by atoms with E-state index in [1.165, 1.54) is 0 Å². The summed E-state index contributed by atoms with van der Waals surface area (Å²) in [7, 11) is 0. The summed E-state index contributed by atoms with van der Waals surface area (Å²) >= 11 is 0. The van der Waals surface area contributed by atoms with Gasteiger partial charge in [-0.2, -0.15) is 0 Å². The summed E-state index contributed by atoms with van der Waals surface area (Å²) in [5.41, 5.74) is 0. The molecule has 0 saturated heterocycles. The summed E-state index contributed by atoms with van der Waals surface area (Å²) in [6.07, 6.45) is -0.482. The molecule has 0 fully saturated rings. The van der Waals surface area contributed by atoms with Gasteiger partial charge >= 0.3 is 6.03 Å². The van der Waals surface area contributed by atoms with Gasteiger partial charge in [0.1, 0.15) is 0 Å². The van der Waals surface area contributed by atoms with Crippen molar-refractivity contribution in [3.63, 3.8) is 0 Å². The summed E-state index contributed by atoms with van der Waals surface area (Å²) in [5, 5.41) is 11.5. The van der Waals surface area contributed by atoms with E-state index < -0.39 is 6.10 Å². The van der Waals surface area contributed by atoms with Gasteiger partial charge in [0.2, 0.25) is 0 Å². The molecular weight excluding hydrogens is 156 g/mol. The minimum atomic E-state index is -0.482. The highest BCUT2D eigenvalue weighted by Crippen LogP contribution is 1.87. The molecular formula is C8H18N2O2. The van der Waals surface area contributed by atoms with Crippen molar-refractivity contribution in [2.24, 2.45) is 0 Å². The summed E-state index contributed by atoms with van der Waals surface area (Å²) in [6, 6.07) is -0.110. The first-order chi connectivity index (χ1) is 5.61. The fourth-order valence-corrected chi connectivity index (χ4v) is 0.858. The van der Waals surface area contributed by atoms with Crippen molar-refractivity contribution in [3.05, 3.63) is 0 Å². The van der Waals surface area contributed by atoms with Crippen LogP contribution in [0.5, 0.6) is 0 Å². The second-order valence-corrected chi connectivity index (χ2v) is 2.71. The molecule has 0 aromatic heterocycles. The van der Waals surface area contributed by atoms with Gasteiger partial charge in [-0.05, 0) is 20.8 Å². The lowest BCUT2D eigenvalue weighted by Gasteiger charge is -2.19. The maximum absolute atomic E-state index is 11.2. The molecule has 0 aromatic carbocycles. The van der Waals surface area contributed by atoms with Crippen molar-refractivity contribution in [3.8, 4) is 0 Å². The standard InChI is InChI=1S/C8H18N2O2/c1-4-10(5-2)8(12)9-6-7(3)11/h7,11H,4-6H2,1-3H3,(H,9,12)/t7-/m0/s1. The molecule has 0 radical (unpaired) electrons. The maximum atomic E-state index is 11.2. The molecule has 12 heavy (non-hydrogen) atoms. The Morgan fingerprint density at radius 1 is 1.50 bits per heavy atom. The Morgan fingerprint density at radius 3 is 2.33 bits per heavy atom. The van der Waals surface area contributed by atoms with Gasteiger partial charge in [-0.1, -0.05) is 0 Å². The van der Waals surface area contributed by atoms with Crippen LogP contribution in [0.3, 0.4) is 0 Å². The third-order valence-electron chi connectivity index (χ3n) is 1.60. The molecule has 0 bridgehead atoms. The monoisotopic (exact) mass is 174 g/mol. The number of nitrogens with zero attached hydrogens (tertiary/aromatic N) is 1. The van der Waals surface area contributed by atoms with Crippen LogP contribution in [0.1, 0.15) is 20.8 Å². The normalized spacial score (nSPS) is 12.3. The van der Waals surface area contributed by atoms with Crippen LogP contribution in [0, 0.1) is 0 Å². The van der Waals surface area contributed by atoms with Gasteiger partial charge in [0, 0.05) is 19.6 Å². The number of carbonyl (C=O) groups excluding carboxylic acids is 1. The van der Waals surface area contributed by atoms with E-state index in [1.54, 1.807) is 11.8 Å². The zero-order chi connectivity index (χ0) is 9.56. The van der Waals surface area contributed by atoms with E-state index in [4.69, 9.17) is 5.11 Å². The molecule has 0 rings (SSSR count). The van der Waals surface area contributed by atoms with Crippen molar-refractivity contribution >= 4 is 6.03 Å². The number of hydrogen-bond donors (Lipinski definition) is 2. The zero-order valence-electron chi connectivity index (χ0n) is 8.00. The Kier molecular flexibility index (Phi) is 5.45. The first-order valence-corrected chi connectivity index (χ1v) is 4.32. The number of rotatable bonds is 4. The molecule has 0 saturated carbocycles. The van der Waals surface area contributed by atoms with Gasteiger partial charge in [-0.3, -0.25) is 0 Å². The molecule has 0 aliphatic rings. The largest absolute Gasteiger partial charge is 0.392 e. The van der Waals surface area contributed by atoms with E-state index in [1.807, 2.05) is 13.8 Å². The Balaban J connectivity index is 3.69. The number of aliphatic hydroxyl groups is 1. The molecule has 4 heteroatoms. The summed E-state index contributed by atoms with van der Waals surface area (Å²) in [5.74, 6) is 0. The van der Waals surface area contributed by atoms with Crippen molar-refractivity contribution in [2.75, 3.05) is 19.6 Å². The third-order valence-corrected chi connectivity index (χ3v) is 1.60. The first-order valence-electron chi connectivity index (χ1n) is 4.32. The molecule has 0 spiro atoms. The van der Waals surface area contributed by atoms with E-state index in [0.717, 1.165) is 0 Å². The lowest BCUT2D eigenvalue weighted by atomic mass is 10.4. The van der Waals surface area contributed by atoms with Gasteiger partial charge in [-0.15, -0.1) is 0 Å². The Labute approximate surface area is 73.6 Å². The summed E-state index contributed by atoms with van der Waals surface area (Å²) in [4.78, 5) is 12.9. The highest BCUT2D eigenvalue weighted by Gasteiger charge is 2.08. The first kappa shape index (κ1) is 11.2. The fraction of sp³-hybridized carbons (Fsp3) is 0.875. The molecule has 2 amide bonds. The highest BCUT2D eigenvalue weighted by atomic mass is 16.3. The average molecular weight is 174 g/mol. The van der Waals surface area contributed by atoms with Crippen LogP contribution in [0.15, 0.2) is 0 Å². The maximum Gasteiger partial charge on any atom is 0.317 e. The molecule has 0 aliphatic carbocycles. The number of aliphatic hydroxyl groups excluding tert-OH is 1. The lowest BCUT2D eigenvalue weighted by Crippen LogP contribution is -2.42. The topological polar surface area (TPSA) is 52.6 Å². The SMILES string of the molecule is CCN(CC)C(=O)NC[C@H](C)O. The predicted octanol–water partition coefficient (Wildman–Crippen LogP) is 0.419. The lowest BCUT2D eigenvalue weighted by molar-refractivity contribution is 0.174. The minimum absolute atomic E-state index is 0.110. The highest BCUT2D eigenvalue weighted by molar-refractivity contribution is 5.74. The van der Waals surface area contributed by atoms with Crippen molar-refractivity contribution in [2.45, 2.75) is 26.9 Å². The Hall–Kier alpha value is -0.770. The minimum Gasteiger partial charge on any atom is -0.392 e. The van der Waals surface area contributed by atoms with Crippen LogP contribution in [0.25, 0.3) is 0 Å². The molecule has 72 valence electrons. The zero-order valence-corrected chi connectivity index (χ0v) is 8.00. The second-order valence-electron chi connectivity index (χ2n) is 2.71. The van der Waals surface area contributed by atoms with Crippen molar-refractivity contribution < 1.29 is 9.90 Å². The van der Waals surface area contributed by atoms with Gasteiger partial charge < -0.3 is 15.3 Å². The van der Waals surface area contributed by atoms with Crippen LogP contribution in [-0.4, -0.2) is 41.8 Å². The van der Waals surface area contributed by atoms with Crippen LogP contribution in [0.2, 0.25) is 0 Å². The van der Waals surface area contributed by atoms with E-state index in [-0.39, 0.29) is 6.03 Å². The number of carbonyl (C=O) groups is 1. The van der Waals surface area contributed by atoms with Gasteiger partial charge in [0.05, 0.1) is 6.10 Å². The molecule has 1 atom stereocenters. The average Bonchev–Trinajstić information content (AvgIpc) is 2.03. The number of urea groups is 1. The van der Waals surface area contributed by atoms with Crippen LogP contribution < -0.4 is 5.32 Å². The number of nitrogens with one attached hydrogen (secondary N) is 1. The van der Waals surface area contributed by atoms with Crippen molar-refractivity contribution in [1.29, 1.82) is 0 Å². The molecule has 0 heterocycles. The van der Waals surface area contributed by atoms with E-state index >= 15 is 0 Å². The van der Waals surface area contributed by atoms with E-state index in [2.05, 4.69) is 5.32 Å². The fourth-order valence-electron chi connectivity index (χ4n) is 0.858. The Morgan fingerprint density at radius 2 is 2.00 bits per heavy atom. The molecule has 2 N–H and O–H groups in total.